The van der Waals surface area contributed by atoms with Crippen LogP contribution in [-0.4, -0.2) is 28.4 Å². The molecule has 10 heteroatoms. The van der Waals surface area contributed by atoms with Crippen LogP contribution in [0.5, 0.6) is 0 Å². The molecule has 1 aromatic heterocycles. The Morgan fingerprint density at radius 2 is 1.83 bits per heavy atom. The first-order chi connectivity index (χ1) is 13.6. The third-order valence-corrected chi connectivity index (χ3v) is 7.54. The molecule has 1 N–H and O–H groups in total. The molecule has 30 heavy (non-hydrogen) atoms. The van der Waals surface area contributed by atoms with Crippen molar-refractivity contribution in [1.82, 2.24) is 4.98 Å². The topological polar surface area (TPSA) is 74.1 Å². The van der Waals surface area contributed by atoms with Gasteiger partial charge in [-0.2, -0.15) is 0 Å². The van der Waals surface area contributed by atoms with Gasteiger partial charge in [-0.1, -0.05) is 35.6 Å². The van der Waals surface area contributed by atoms with Crippen LogP contribution in [0.3, 0.4) is 0 Å². The number of rotatable bonds is 5. The van der Waals surface area contributed by atoms with Crippen LogP contribution >= 0.6 is 23.7 Å². The fraction of sp³-hybridized carbons (Fsp3) is 0.200. The molecule has 1 heterocycles. The van der Waals surface area contributed by atoms with Gasteiger partial charge in [0.25, 0.3) is 0 Å². The average molecular weight is 472 g/mol. The lowest BCUT2D eigenvalue weighted by Gasteiger charge is -2.14. The zero-order chi connectivity index (χ0) is 21.3. The van der Waals surface area contributed by atoms with Gasteiger partial charge in [-0.3, -0.25) is 9.69 Å². The van der Waals surface area contributed by atoms with Crippen molar-refractivity contribution in [3.05, 3.63) is 65.4 Å². The lowest BCUT2D eigenvalue weighted by molar-refractivity contribution is -0.117. The zero-order valence-electron chi connectivity index (χ0n) is 16.4. The molecule has 0 saturated carbocycles. The van der Waals surface area contributed by atoms with E-state index in [9.17, 15) is 17.8 Å². The Hall–Kier alpha value is -2.36. The van der Waals surface area contributed by atoms with Gasteiger partial charge in [-0.05, 0) is 36.2 Å². The Bertz CT molecular complexity index is 1180. The molecule has 3 aromatic rings. The number of aryl methyl sites for hydroxylation is 1. The van der Waals surface area contributed by atoms with E-state index < -0.39 is 21.4 Å². The molecular formula is C20H20ClF2N3O2S2. The van der Waals surface area contributed by atoms with E-state index >= 15 is 0 Å². The van der Waals surface area contributed by atoms with Crippen LogP contribution in [-0.2, 0) is 20.9 Å². The largest absolute Gasteiger partial charge is 0.291 e. The number of hydrogen-bond acceptors (Lipinski definition) is 5. The lowest BCUT2D eigenvalue weighted by atomic mass is 10.0. The summed E-state index contributed by atoms with van der Waals surface area (Å²) in [6, 6.07) is 9.91. The number of thiazole rings is 1. The SMILES string of the molecule is Cc1nc(N(C)C(=O)Cc2ccc(-c3cc(F)ccc3F)cc2)sc1[S@@](C)(=N)=O.Cl. The Labute approximate surface area is 184 Å². The number of carbonyl (C=O) groups is 1. The van der Waals surface area contributed by atoms with Crippen molar-refractivity contribution in [1.29, 1.82) is 4.78 Å². The smallest absolute Gasteiger partial charge is 0.232 e. The number of halogens is 3. The first-order valence-corrected chi connectivity index (χ1v) is 11.4. The van der Waals surface area contributed by atoms with Crippen LogP contribution in [0.4, 0.5) is 13.9 Å². The van der Waals surface area contributed by atoms with Gasteiger partial charge >= 0.3 is 0 Å². The standard InChI is InChI=1S/C20H19F2N3O2S2.ClH/c1-12-19(29(3,23)27)28-20(24-12)25(2)18(26)10-13-4-6-14(7-5-13)16-11-15(21)8-9-17(16)22;/h4-9,11,23H,10H2,1-3H3;1H/t29-;/m0./s1. The van der Waals surface area contributed by atoms with Crippen LogP contribution in [0.1, 0.15) is 11.3 Å². The molecule has 0 radical (unpaired) electrons. The highest BCUT2D eigenvalue weighted by Crippen LogP contribution is 2.30. The molecule has 2 aromatic carbocycles. The predicted molar refractivity (Wildman–Crippen MR) is 118 cm³/mol. The second-order valence-corrected chi connectivity index (χ2v) is 10.00. The Morgan fingerprint density at radius 3 is 2.40 bits per heavy atom. The van der Waals surface area contributed by atoms with Crippen molar-refractivity contribution in [2.45, 2.75) is 17.6 Å². The van der Waals surface area contributed by atoms with Gasteiger partial charge in [0.2, 0.25) is 5.91 Å². The summed E-state index contributed by atoms with van der Waals surface area (Å²) in [5, 5.41) is 0.378. The number of anilines is 1. The molecule has 0 saturated heterocycles. The molecule has 0 unspecified atom stereocenters. The summed E-state index contributed by atoms with van der Waals surface area (Å²) in [5.74, 6) is -1.28. The first-order valence-electron chi connectivity index (χ1n) is 8.58. The van der Waals surface area contributed by atoms with Crippen molar-refractivity contribution >= 4 is 44.5 Å². The van der Waals surface area contributed by atoms with Gasteiger partial charge in [-0.25, -0.2) is 22.8 Å². The fourth-order valence-corrected chi connectivity index (χ4v) is 5.04. The number of carbonyl (C=O) groups excluding carboxylic acids is 1. The van der Waals surface area contributed by atoms with Crippen LogP contribution in [0, 0.1) is 23.3 Å². The van der Waals surface area contributed by atoms with E-state index in [1.54, 1.807) is 38.2 Å². The molecule has 3 rings (SSSR count). The third kappa shape index (κ3) is 5.21. The summed E-state index contributed by atoms with van der Waals surface area (Å²) in [5.41, 5.74) is 1.86. The molecule has 0 aliphatic heterocycles. The summed E-state index contributed by atoms with van der Waals surface area (Å²) in [6.07, 6.45) is 1.40. The second kappa shape index (κ2) is 9.20. The zero-order valence-corrected chi connectivity index (χ0v) is 18.9. The quantitative estimate of drug-likeness (QED) is 0.565. The molecule has 1 atom stereocenters. The number of benzene rings is 2. The average Bonchev–Trinajstić information content (AvgIpc) is 3.06. The van der Waals surface area contributed by atoms with E-state index in [2.05, 4.69) is 4.98 Å². The van der Waals surface area contributed by atoms with Gasteiger partial charge in [0.15, 0.2) is 5.13 Å². The van der Waals surface area contributed by atoms with E-state index in [0.29, 0.717) is 26.2 Å². The van der Waals surface area contributed by atoms with Gasteiger partial charge in [0.05, 0.1) is 21.8 Å². The third-order valence-electron chi connectivity index (χ3n) is 4.31. The molecule has 5 nitrogen and oxygen atoms in total. The predicted octanol–water partition coefficient (Wildman–Crippen LogP) is 5.06. The fourth-order valence-electron chi connectivity index (χ4n) is 2.79. The molecule has 0 aliphatic rings. The number of hydrogen-bond donors (Lipinski definition) is 1. The molecule has 0 fully saturated rings. The van der Waals surface area contributed by atoms with Crippen molar-refractivity contribution in [3.8, 4) is 11.1 Å². The summed E-state index contributed by atoms with van der Waals surface area (Å²) in [4.78, 5) is 18.2. The summed E-state index contributed by atoms with van der Waals surface area (Å²) in [7, 11) is -1.34. The molecule has 0 spiro atoms. The summed E-state index contributed by atoms with van der Waals surface area (Å²) >= 11 is 1.07. The van der Waals surface area contributed by atoms with Crippen molar-refractivity contribution in [2.24, 2.45) is 0 Å². The lowest BCUT2D eigenvalue weighted by Crippen LogP contribution is -2.27. The summed E-state index contributed by atoms with van der Waals surface area (Å²) < 4.78 is 47.4. The summed E-state index contributed by atoms with van der Waals surface area (Å²) in [6.45, 7) is 1.66. The number of amides is 1. The maximum Gasteiger partial charge on any atom is 0.232 e. The van der Waals surface area contributed by atoms with Crippen molar-refractivity contribution in [3.63, 3.8) is 0 Å². The minimum Gasteiger partial charge on any atom is -0.291 e. The van der Waals surface area contributed by atoms with E-state index in [0.717, 1.165) is 29.5 Å². The molecule has 0 bridgehead atoms. The van der Waals surface area contributed by atoms with Crippen molar-refractivity contribution < 1.29 is 17.8 Å². The van der Waals surface area contributed by atoms with Gasteiger partial charge in [0.1, 0.15) is 15.8 Å². The van der Waals surface area contributed by atoms with Crippen LogP contribution in [0.25, 0.3) is 11.1 Å². The van der Waals surface area contributed by atoms with Crippen LogP contribution in [0.2, 0.25) is 0 Å². The monoisotopic (exact) mass is 471 g/mol. The van der Waals surface area contributed by atoms with E-state index in [1.165, 1.54) is 11.2 Å². The first kappa shape index (κ1) is 23.9. The minimum absolute atomic E-state index is 0. The molecule has 160 valence electrons. The number of nitrogens with zero attached hydrogens (tertiary/aromatic N) is 2. The van der Waals surface area contributed by atoms with Crippen LogP contribution < -0.4 is 4.90 Å². The van der Waals surface area contributed by atoms with Gasteiger partial charge in [-0.15, -0.1) is 12.4 Å². The number of nitrogens with one attached hydrogen (secondary N) is 1. The molecular weight excluding hydrogens is 452 g/mol. The maximum atomic E-state index is 13.9. The van der Waals surface area contributed by atoms with E-state index in [4.69, 9.17) is 4.78 Å². The Kier molecular flexibility index (Phi) is 7.33. The normalized spacial score (nSPS) is 12.7. The van der Waals surface area contributed by atoms with Gasteiger partial charge in [0, 0.05) is 18.9 Å². The molecule has 0 aliphatic carbocycles. The number of aromatic nitrogens is 1. The highest BCUT2D eigenvalue weighted by atomic mass is 35.5. The highest BCUT2D eigenvalue weighted by molar-refractivity contribution is 7.93. The highest BCUT2D eigenvalue weighted by Gasteiger charge is 2.20. The van der Waals surface area contributed by atoms with Crippen molar-refractivity contribution in [2.75, 3.05) is 18.2 Å². The van der Waals surface area contributed by atoms with Crippen LogP contribution in [0.15, 0.2) is 46.7 Å². The second-order valence-electron chi connectivity index (χ2n) is 6.66. The maximum absolute atomic E-state index is 13.9. The van der Waals surface area contributed by atoms with E-state index in [-0.39, 0.29) is 30.3 Å². The minimum atomic E-state index is -2.91. The number of likely N-dealkylation sites (N-methyl/N-ethyl adjacent to an activating group) is 1. The molecule has 1 amide bonds. The Morgan fingerprint density at radius 1 is 1.20 bits per heavy atom. The van der Waals surface area contributed by atoms with E-state index in [1.807, 2.05) is 0 Å². The van der Waals surface area contributed by atoms with Gasteiger partial charge < -0.3 is 0 Å². The Balaban J connectivity index is 0.00000320.